The predicted molar refractivity (Wildman–Crippen MR) is 100.0 cm³/mol. The Morgan fingerprint density at radius 2 is 2.12 bits per heavy atom. The summed E-state index contributed by atoms with van der Waals surface area (Å²) < 4.78 is 13.0. The molecule has 1 aromatic carbocycles. The minimum Gasteiger partial charge on any atom is -0.405 e. The summed E-state index contributed by atoms with van der Waals surface area (Å²) >= 11 is 0. The summed E-state index contributed by atoms with van der Waals surface area (Å²) in [6.45, 7) is 8.46. The Kier molecular flexibility index (Phi) is 4.16. The van der Waals surface area contributed by atoms with Crippen LogP contribution in [0, 0.1) is 17.3 Å². The Bertz CT molecular complexity index is 745. The van der Waals surface area contributed by atoms with Crippen LogP contribution in [-0.2, 0) is 14.1 Å². The summed E-state index contributed by atoms with van der Waals surface area (Å²) in [6, 6.07) is 7.44. The van der Waals surface area contributed by atoms with Crippen LogP contribution in [0.5, 0.6) is 0 Å². The number of rotatable bonds is 5. The normalized spacial score (nSPS) is 35.4. The third-order valence-electron chi connectivity index (χ3n) is 7.28. The molecule has 138 valence electrons. The molecule has 1 aromatic rings. The predicted octanol–water partition coefficient (Wildman–Crippen LogP) is 3.83. The summed E-state index contributed by atoms with van der Waals surface area (Å²) in [5, 5.41) is 0. The monoisotopic (exact) mass is 354 g/mol. The van der Waals surface area contributed by atoms with Crippen molar-refractivity contribution >= 4 is 19.2 Å². The molecular weight excluding hydrogens is 327 g/mol. The van der Waals surface area contributed by atoms with E-state index in [9.17, 15) is 9.59 Å². The quantitative estimate of drug-likeness (QED) is 0.596. The first-order chi connectivity index (χ1) is 12.3. The molecule has 5 atom stereocenters. The molecule has 0 aromatic heterocycles. The topological polar surface area (TPSA) is 52.6 Å². The van der Waals surface area contributed by atoms with Gasteiger partial charge in [0.05, 0.1) is 11.7 Å². The second-order valence-electron chi connectivity index (χ2n) is 9.14. The fraction of sp³-hybridized carbons (Fsp3) is 0.619. The van der Waals surface area contributed by atoms with Gasteiger partial charge in [-0.1, -0.05) is 32.0 Å². The molecule has 2 bridgehead atoms. The maximum absolute atomic E-state index is 11.9. The standard InChI is InChI=1S/C21H27BO4/c1-13(24)8-17(15-7-5-6-14(9-15)12-23)22-25-19-11-16-10-18(20(16,2)3)21(19,4)26-22/h5-7,9,12,16-19H,8,10-11H2,1-4H3/t16?,17-,18?,19?,21-/m0/s1. The van der Waals surface area contributed by atoms with E-state index in [-0.39, 0.29) is 28.7 Å². The van der Waals surface area contributed by atoms with Crippen molar-refractivity contribution in [1.82, 2.24) is 0 Å². The van der Waals surface area contributed by atoms with Crippen molar-refractivity contribution in [2.75, 3.05) is 0 Å². The molecule has 4 aliphatic rings. The lowest BCUT2D eigenvalue weighted by molar-refractivity contribution is -0.199. The summed E-state index contributed by atoms with van der Waals surface area (Å²) in [6.07, 6.45) is 3.51. The molecule has 0 N–H and O–H groups in total. The van der Waals surface area contributed by atoms with Gasteiger partial charge in [-0.3, -0.25) is 4.79 Å². The number of carbonyl (C=O) groups excluding carboxylic acids is 2. The molecule has 0 radical (unpaired) electrons. The molecule has 5 heteroatoms. The lowest BCUT2D eigenvalue weighted by Crippen LogP contribution is -2.65. The Balaban J connectivity index is 1.63. The minimum absolute atomic E-state index is 0.0907. The third-order valence-corrected chi connectivity index (χ3v) is 7.28. The number of hydrogen-bond donors (Lipinski definition) is 0. The molecule has 0 spiro atoms. The van der Waals surface area contributed by atoms with Gasteiger partial charge in [-0.25, -0.2) is 0 Å². The zero-order valence-corrected chi connectivity index (χ0v) is 16.0. The second-order valence-corrected chi connectivity index (χ2v) is 9.14. The summed E-state index contributed by atoms with van der Waals surface area (Å²) in [7, 11) is -0.439. The van der Waals surface area contributed by atoms with E-state index in [2.05, 4.69) is 20.8 Å². The van der Waals surface area contributed by atoms with E-state index in [0.717, 1.165) is 18.3 Å². The lowest BCUT2D eigenvalue weighted by atomic mass is 9.43. The van der Waals surface area contributed by atoms with Crippen LogP contribution < -0.4 is 0 Å². The first-order valence-corrected chi connectivity index (χ1v) is 9.63. The van der Waals surface area contributed by atoms with Crippen molar-refractivity contribution in [1.29, 1.82) is 0 Å². The number of carbonyl (C=O) groups is 2. The van der Waals surface area contributed by atoms with Gasteiger partial charge in [-0.15, -0.1) is 0 Å². The van der Waals surface area contributed by atoms with Gasteiger partial charge >= 0.3 is 7.12 Å². The van der Waals surface area contributed by atoms with Crippen LogP contribution in [0.15, 0.2) is 24.3 Å². The SMILES string of the molecule is CC(=O)C[C@H](B1OC2CC3CC(C3(C)C)[C@]2(C)O1)c1cccc(C=O)c1. The van der Waals surface area contributed by atoms with Gasteiger partial charge in [0.25, 0.3) is 0 Å². The highest BCUT2D eigenvalue weighted by Crippen LogP contribution is 2.66. The van der Waals surface area contributed by atoms with Gasteiger partial charge < -0.3 is 14.1 Å². The molecule has 1 heterocycles. The summed E-state index contributed by atoms with van der Waals surface area (Å²) in [5.41, 5.74) is 1.54. The highest BCUT2D eigenvalue weighted by molar-refractivity contribution is 6.48. The molecule has 0 amide bonds. The maximum atomic E-state index is 11.9. The van der Waals surface area contributed by atoms with Crippen LogP contribution in [0.1, 0.15) is 68.7 Å². The van der Waals surface area contributed by atoms with Gasteiger partial charge in [0.15, 0.2) is 0 Å². The zero-order valence-electron chi connectivity index (χ0n) is 16.0. The first-order valence-electron chi connectivity index (χ1n) is 9.63. The van der Waals surface area contributed by atoms with Crippen LogP contribution in [0.4, 0.5) is 0 Å². The van der Waals surface area contributed by atoms with Crippen molar-refractivity contribution in [2.45, 2.75) is 64.5 Å². The van der Waals surface area contributed by atoms with E-state index >= 15 is 0 Å². The smallest absolute Gasteiger partial charge is 0.405 e. The van der Waals surface area contributed by atoms with Crippen molar-refractivity contribution in [3.05, 3.63) is 35.4 Å². The Labute approximate surface area is 155 Å². The number of Topliss-reactive ketones (excluding diaryl/α,β-unsaturated/α-hetero) is 1. The van der Waals surface area contributed by atoms with Crippen LogP contribution in [0.3, 0.4) is 0 Å². The molecular formula is C21H27BO4. The Hall–Kier alpha value is -1.46. The fourth-order valence-electron chi connectivity index (χ4n) is 5.61. The van der Waals surface area contributed by atoms with Crippen molar-refractivity contribution in [2.24, 2.45) is 17.3 Å². The van der Waals surface area contributed by atoms with E-state index in [1.165, 1.54) is 6.42 Å². The summed E-state index contributed by atoms with van der Waals surface area (Å²) in [5.74, 6) is 1.10. The van der Waals surface area contributed by atoms with E-state index in [1.807, 2.05) is 18.2 Å². The highest BCUT2D eigenvalue weighted by atomic mass is 16.7. The van der Waals surface area contributed by atoms with Crippen molar-refractivity contribution in [3.8, 4) is 0 Å². The van der Waals surface area contributed by atoms with Gasteiger partial charge in [0.2, 0.25) is 0 Å². The van der Waals surface area contributed by atoms with E-state index in [0.29, 0.717) is 23.8 Å². The molecule has 3 unspecified atom stereocenters. The molecule has 3 saturated carbocycles. The van der Waals surface area contributed by atoms with Gasteiger partial charge in [-0.2, -0.15) is 0 Å². The first kappa shape index (κ1) is 17.9. The van der Waals surface area contributed by atoms with Crippen molar-refractivity contribution in [3.63, 3.8) is 0 Å². The number of hydrogen-bond acceptors (Lipinski definition) is 4. The largest absolute Gasteiger partial charge is 0.466 e. The number of benzene rings is 1. The lowest BCUT2D eigenvalue weighted by Gasteiger charge is -2.64. The van der Waals surface area contributed by atoms with Crippen LogP contribution in [-0.4, -0.2) is 30.9 Å². The van der Waals surface area contributed by atoms with Gasteiger partial charge in [-0.05, 0) is 55.6 Å². The Morgan fingerprint density at radius 3 is 2.77 bits per heavy atom. The van der Waals surface area contributed by atoms with Gasteiger partial charge in [0.1, 0.15) is 12.1 Å². The highest BCUT2D eigenvalue weighted by Gasteiger charge is 2.68. The van der Waals surface area contributed by atoms with Crippen LogP contribution in [0.25, 0.3) is 0 Å². The Morgan fingerprint density at radius 1 is 1.35 bits per heavy atom. The van der Waals surface area contributed by atoms with E-state index in [4.69, 9.17) is 9.31 Å². The fourth-order valence-corrected chi connectivity index (χ4v) is 5.61. The van der Waals surface area contributed by atoms with Gasteiger partial charge in [0, 0.05) is 17.8 Å². The molecule has 1 saturated heterocycles. The second kappa shape index (κ2) is 6.03. The maximum Gasteiger partial charge on any atom is 0.466 e. The molecule has 4 nitrogen and oxygen atoms in total. The van der Waals surface area contributed by atoms with Crippen LogP contribution >= 0.6 is 0 Å². The van der Waals surface area contributed by atoms with Crippen LogP contribution in [0.2, 0.25) is 0 Å². The van der Waals surface area contributed by atoms with E-state index < -0.39 is 7.12 Å². The molecule has 1 aliphatic heterocycles. The van der Waals surface area contributed by atoms with E-state index in [1.54, 1.807) is 13.0 Å². The molecule has 5 rings (SSSR count). The molecule has 3 aliphatic carbocycles. The minimum atomic E-state index is -0.439. The number of ketones is 1. The summed E-state index contributed by atoms with van der Waals surface area (Å²) in [4.78, 5) is 23.1. The molecule has 26 heavy (non-hydrogen) atoms. The number of aldehydes is 1. The average Bonchev–Trinajstić information content (AvgIpc) is 2.96. The zero-order chi connectivity index (χ0) is 18.7. The van der Waals surface area contributed by atoms with Crippen molar-refractivity contribution < 1.29 is 18.9 Å². The third kappa shape index (κ3) is 2.59. The molecule has 4 fully saturated rings. The average molecular weight is 354 g/mol.